The first-order valence-electron chi connectivity index (χ1n) is 10.9. The monoisotopic (exact) mass is 485 g/mol. The third-order valence-electron chi connectivity index (χ3n) is 5.54. The summed E-state index contributed by atoms with van der Waals surface area (Å²) in [5, 5.41) is 10.2. The molecule has 0 bridgehead atoms. The van der Waals surface area contributed by atoms with Gasteiger partial charge in [0, 0.05) is 32.4 Å². The van der Waals surface area contributed by atoms with Gasteiger partial charge in [0.05, 0.1) is 10.4 Å². The third kappa shape index (κ3) is 4.33. The lowest BCUT2D eigenvalue weighted by Gasteiger charge is -2.36. The van der Waals surface area contributed by atoms with E-state index in [9.17, 15) is 23.1 Å². The van der Waals surface area contributed by atoms with Crippen LogP contribution in [0.25, 0.3) is 5.52 Å². The molecule has 1 aliphatic heterocycles. The minimum Gasteiger partial charge on any atom is -0.478 e. The molecule has 1 saturated heterocycles. The fourth-order valence-electron chi connectivity index (χ4n) is 4.08. The molecule has 0 radical (unpaired) electrons. The predicted octanol–water partition coefficient (Wildman–Crippen LogP) is 3.53. The molecule has 3 aromatic rings. The number of piperazine rings is 1. The Morgan fingerprint density at radius 3 is 2.15 bits per heavy atom. The summed E-state index contributed by atoms with van der Waals surface area (Å²) < 4.78 is 34.2. The Hall–Kier alpha value is -3.53. The number of aromatic carboxylic acids is 1. The summed E-state index contributed by atoms with van der Waals surface area (Å²) in [5.41, 5.74) is -0.613. The lowest BCUT2D eigenvalue weighted by molar-refractivity contribution is 0.0239. The minimum atomic E-state index is -4.12. The van der Waals surface area contributed by atoms with Crippen molar-refractivity contribution in [3.8, 4) is 0 Å². The Balaban J connectivity index is 1.78. The van der Waals surface area contributed by atoms with Crippen LogP contribution in [0.1, 0.15) is 31.1 Å². The Bertz CT molecular complexity index is 1330. The number of hydrogen-bond donors (Lipinski definition) is 1. The van der Waals surface area contributed by atoms with Crippen molar-refractivity contribution in [3.05, 3.63) is 60.3 Å². The normalized spacial score (nSPS) is 14.9. The Kier molecular flexibility index (Phi) is 6.03. The number of amides is 1. The van der Waals surface area contributed by atoms with E-state index in [4.69, 9.17) is 4.74 Å². The van der Waals surface area contributed by atoms with E-state index in [2.05, 4.69) is 0 Å². The maximum atomic E-state index is 13.6. The zero-order valence-corrected chi connectivity index (χ0v) is 20.1. The van der Waals surface area contributed by atoms with E-state index < -0.39 is 27.5 Å². The molecule has 0 saturated carbocycles. The van der Waals surface area contributed by atoms with E-state index in [-0.39, 0.29) is 26.7 Å². The van der Waals surface area contributed by atoms with Crippen LogP contribution in [0, 0.1) is 0 Å². The predicted molar refractivity (Wildman–Crippen MR) is 126 cm³/mol. The summed E-state index contributed by atoms with van der Waals surface area (Å²) in [6.45, 7) is 6.66. The number of sulfone groups is 1. The lowest BCUT2D eigenvalue weighted by atomic mass is 10.2. The molecule has 10 heteroatoms. The standard InChI is InChI=1S/C24H27N3O6S/c1-24(2,3)33-23(30)26-15-13-25(14-16-26)21-19(22(28)29)20(18-11-7-8-12-27(18)21)34(31,32)17-9-5-4-6-10-17/h4-12H,13-16H2,1-3H3,(H,28,29). The number of ether oxygens (including phenoxy) is 1. The van der Waals surface area contributed by atoms with Crippen LogP contribution in [0.5, 0.6) is 0 Å². The topological polar surface area (TPSA) is 109 Å². The zero-order chi connectivity index (χ0) is 24.7. The van der Waals surface area contributed by atoms with E-state index in [1.807, 2.05) is 0 Å². The quantitative estimate of drug-likeness (QED) is 0.602. The molecule has 1 fully saturated rings. The van der Waals surface area contributed by atoms with Gasteiger partial charge >= 0.3 is 12.1 Å². The first kappa shape index (κ1) is 23.6. The number of pyridine rings is 1. The van der Waals surface area contributed by atoms with E-state index in [0.717, 1.165) is 0 Å². The minimum absolute atomic E-state index is 0.0233. The van der Waals surface area contributed by atoms with Gasteiger partial charge in [0.15, 0.2) is 0 Å². The van der Waals surface area contributed by atoms with E-state index in [1.165, 1.54) is 12.1 Å². The second kappa shape index (κ2) is 8.68. The number of carbonyl (C=O) groups is 2. The van der Waals surface area contributed by atoms with Crippen LogP contribution in [0.4, 0.5) is 10.6 Å². The summed E-state index contributed by atoms with van der Waals surface area (Å²) >= 11 is 0. The molecule has 0 aliphatic carbocycles. The summed E-state index contributed by atoms with van der Waals surface area (Å²) in [6, 6.07) is 12.8. The maximum absolute atomic E-state index is 13.6. The summed E-state index contributed by atoms with van der Waals surface area (Å²) in [5.74, 6) is -1.05. The van der Waals surface area contributed by atoms with Crippen LogP contribution in [-0.2, 0) is 14.6 Å². The highest BCUT2D eigenvalue weighted by Crippen LogP contribution is 2.37. The summed E-state index contributed by atoms with van der Waals surface area (Å²) in [7, 11) is -4.12. The smallest absolute Gasteiger partial charge is 0.410 e. The van der Waals surface area contributed by atoms with Gasteiger partial charge in [-0.25, -0.2) is 18.0 Å². The fraction of sp³-hybridized carbons (Fsp3) is 0.333. The van der Waals surface area contributed by atoms with Crippen molar-refractivity contribution < 1.29 is 27.9 Å². The van der Waals surface area contributed by atoms with Crippen LogP contribution >= 0.6 is 0 Å². The second-order valence-corrected chi connectivity index (χ2v) is 10.9. The number of aromatic nitrogens is 1. The number of anilines is 1. The molecule has 1 aromatic carbocycles. The molecular formula is C24H27N3O6S. The highest BCUT2D eigenvalue weighted by molar-refractivity contribution is 7.91. The van der Waals surface area contributed by atoms with Crippen LogP contribution in [0.2, 0.25) is 0 Å². The number of carbonyl (C=O) groups excluding carboxylic acids is 1. The van der Waals surface area contributed by atoms with Gasteiger partial charge in [-0.2, -0.15) is 0 Å². The van der Waals surface area contributed by atoms with E-state index in [0.29, 0.717) is 26.2 Å². The van der Waals surface area contributed by atoms with Crippen molar-refractivity contribution in [3.63, 3.8) is 0 Å². The van der Waals surface area contributed by atoms with Gasteiger partial charge in [-0.1, -0.05) is 24.3 Å². The molecule has 34 heavy (non-hydrogen) atoms. The molecule has 3 heterocycles. The Morgan fingerprint density at radius 1 is 0.941 bits per heavy atom. The van der Waals surface area contributed by atoms with E-state index >= 15 is 0 Å². The average molecular weight is 486 g/mol. The highest BCUT2D eigenvalue weighted by Gasteiger charge is 2.36. The van der Waals surface area contributed by atoms with Crippen LogP contribution < -0.4 is 4.90 Å². The molecule has 9 nitrogen and oxygen atoms in total. The molecule has 2 aromatic heterocycles. The SMILES string of the molecule is CC(C)(C)OC(=O)N1CCN(c2c(C(=O)O)c(S(=O)(=O)c3ccccc3)c3ccccn23)CC1. The van der Waals surface area contributed by atoms with Gasteiger partial charge in [0.25, 0.3) is 0 Å². The number of hydrogen-bond acceptors (Lipinski definition) is 6. The molecule has 4 rings (SSSR count). The Labute approximate surface area is 198 Å². The first-order chi connectivity index (χ1) is 16.0. The van der Waals surface area contributed by atoms with Gasteiger partial charge in [0.1, 0.15) is 21.9 Å². The zero-order valence-electron chi connectivity index (χ0n) is 19.3. The molecule has 1 aliphatic rings. The number of benzene rings is 1. The third-order valence-corrected chi connectivity index (χ3v) is 7.38. The van der Waals surface area contributed by atoms with Gasteiger partial charge in [-0.15, -0.1) is 0 Å². The number of nitrogens with zero attached hydrogens (tertiary/aromatic N) is 3. The van der Waals surface area contributed by atoms with Gasteiger partial charge in [0.2, 0.25) is 9.84 Å². The van der Waals surface area contributed by atoms with Gasteiger partial charge < -0.3 is 24.0 Å². The molecule has 0 unspecified atom stereocenters. The molecule has 1 N–H and O–H groups in total. The van der Waals surface area contributed by atoms with Crippen molar-refractivity contribution >= 4 is 33.2 Å². The highest BCUT2D eigenvalue weighted by atomic mass is 32.2. The Morgan fingerprint density at radius 2 is 1.56 bits per heavy atom. The number of carboxylic acids is 1. The largest absolute Gasteiger partial charge is 0.478 e. The summed E-state index contributed by atoms with van der Waals surface area (Å²) in [4.78, 5) is 28.1. The number of fused-ring (bicyclic) bond motifs is 1. The van der Waals surface area contributed by atoms with Crippen LogP contribution in [0.3, 0.4) is 0 Å². The molecular weight excluding hydrogens is 458 g/mol. The van der Waals surface area contributed by atoms with E-state index in [1.54, 1.807) is 77.6 Å². The number of carboxylic acid groups (broad SMARTS) is 1. The van der Waals surface area contributed by atoms with Crippen molar-refractivity contribution in [1.29, 1.82) is 0 Å². The van der Waals surface area contributed by atoms with Crippen LogP contribution in [0.15, 0.2) is 64.5 Å². The molecule has 1 amide bonds. The van der Waals surface area contributed by atoms with Gasteiger partial charge in [-0.3, -0.25) is 0 Å². The van der Waals surface area contributed by atoms with Crippen molar-refractivity contribution in [1.82, 2.24) is 9.30 Å². The lowest BCUT2D eigenvalue weighted by Crippen LogP contribution is -2.50. The average Bonchev–Trinajstić information content (AvgIpc) is 3.15. The van der Waals surface area contributed by atoms with Crippen molar-refractivity contribution in [2.75, 3.05) is 31.1 Å². The van der Waals surface area contributed by atoms with Gasteiger partial charge in [-0.05, 0) is 45.0 Å². The molecule has 180 valence electrons. The van der Waals surface area contributed by atoms with Crippen LogP contribution in [-0.4, -0.2) is 66.7 Å². The van der Waals surface area contributed by atoms with Crippen molar-refractivity contribution in [2.45, 2.75) is 36.2 Å². The first-order valence-corrected chi connectivity index (χ1v) is 12.4. The van der Waals surface area contributed by atoms with Crippen molar-refractivity contribution in [2.24, 2.45) is 0 Å². The molecule has 0 spiro atoms. The fourth-order valence-corrected chi connectivity index (χ4v) is 5.72. The maximum Gasteiger partial charge on any atom is 0.410 e. The number of rotatable bonds is 4. The second-order valence-electron chi connectivity index (χ2n) is 9.06. The molecule has 0 atom stereocenters. The summed E-state index contributed by atoms with van der Waals surface area (Å²) in [6.07, 6.45) is 1.22.